The molecule has 1 rings (SSSR count). The van der Waals surface area contributed by atoms with Crippen molar-refractivity contribution >= 4 is 29.0 Å². The van der Waals surface area contributed by atoms with Crippen molar-refractivity contribution < 1.29 is 14.7 Å². The maximum Gasteiger partial charge on any atom is 0.348 e. The fraction of sp³-hybridized carbons (Fsp3) is 0.111. The zero-order valence-corrected chi connectivity index (χ0v) is 8.63. The Morgan fingerprint density at radius 1 is 1.60 bits per heavy atom. The Hall–Kier alpha value is -1.82. The summed E-state index contributed by atoms with van der Waals surface area (Å²) in [4.78, 5) is 22.0. The molecule has 0 radical (unpaired) electrons. The number of rotatable bonds is 4. The topological polar surface area (TPSA) is 78.4 Å². The lowest BCUT2D eigenvalue weighted by atomic mass is 10.4. The zero-order chi connectivity index (χ0) is 11.3. The highest BCUT2D eigenvalue weighted by atomic mass is 32.1. The fourth-order valence-electron chi connectivity index (χ4n) is 0.905. The SMILES string of the molecule is C=CCNC(=O)Nc1ccsc1C(=O)O. The van der Waals surface area contributed by atoms with E-state index < -0.39 is 12.0 Å². The molecule has 1 heterocycles. The second-order valence-corrected chi connectivity index (χ2v) is 3.51. The standard InChI is InChI=1S/C9H10N2O3S/c1-2-4-10-9(14)11-6-3-5-15-7(6)8(12)13/h2-3,5H,1,4H2,(H,12,13)(H2,10,11,14). The van der Waals surface area contributed by atoms with Gasteiger partial charge in [0.05, 0.1) is 5.69 Å². The number of thiophene rings is 1. The highest BCUT2D eigenvalue weighted by Crippen LogP contribution is 2.21. The Morgan fingerprint density at radius 2 is 2.33 bits per heavy atom. The molecule has 15 heavy (non-hydrogen) atoms. The summed E-state index contributed by atoms with van der Waals surface area (Å²) in [5, 5.41) is 15.3. The van der Waals surface area contributed by atoms with Crippen molar-refractivity contribution in [3.05, 3.63) is 29.0 Å². The summed E-state index contributed by atoms with van der Waals surface area (Å²) in [5.41, 5.74) is 0.300. The molecule has 1 aromatic heterocycles. The van der Waals surface area contributed by atoms with E-state index in [1.54, 1.807) is 11.4 Å². The van der Waals surface area contributed by atoms with Gasteiger partial charge in [-0.2, -0.15) is 0 Å². The average molecular weight is 226 g/mol. The Balaban J connectivity index is 2.64. The predicted octanol–water partition coefficient (Wildman–Crippen LogP) is 1.75. The van der Waals surface area contributed by atoms with Gasteiger partial charge in [-0.1, -0.05) is 6.08 Å². The van der Waals surface area contributed by atoms with Gasteiger partial charge in [-0.15, -0.1) is 17.9 Å². The molecule has 0 bridgehead atoms. The lowest BCUT2D eigenvalue weighted by Gasteiger charge is -2.04. The van der Waals surface area contributed by atoms with Crippen molar-refractivity contribution in [3.8, 4) is 0 Å². The molecule has 3 N–H and O–H groups in total. The van der Waals surface area contributed by atoms with Crippen molar-refractivity contribution in [1.82, 2.24) is 5.32 Å². The first-order valence-corrected chi connectivity index (χ1v) is 4.99. The molecule has 0 spiro atoms. The average Bonchev–Trinajstić information content (AvgIpc) is 2.62. The normalized spacial score (nSPS) is 9.33. The van der Waals surface area contributed by atoms with Crippen molar-refractivity contribution in [2.45, 2.75) is 0 Å². The highest BCUT2D eigenvalue weighted by molar-refractivity contribution is 7.12. The number of carboxylic acid groups (broad SMARTS) is 1. The maximum absolute atomic E-state index is 11.2. The van der Waals surface area contributed by atoms with E-state index in [0.29, 0.717) is 12.2 Å². The number of urea groups is 1. The molecule has 0 aromatic carbocycles. The molecule has 0 atom stereocenters. The number of hydrogen-bond acceptors (Lipinski definition) is 3. The van der Waals surface area contributed by atoms with Gasteiger partial charge < -0.3 is 15.7 Å². The summed E-state index contributed by atoms with van der Waals surface area (Å²) in [6.45, 7) is 3.77. The first-order chi connectivity index (χ1) is 7.15. The second kappa shape index (κ2) is 5.16. The monoisotopic (exact) mass is 226 g/mol. The van der Waals surface area contributed by atoms with E-state index in [1.165, 1.54) is 6.08 Å². The zero-order valence-electron chi connectivity index (χ0n) is 7.82. The van der Waals surface area contributed by atoms with Crippen LogP contribution in [0.1, 0.15) is 9.67 Å². The lowest BCUT2D eigenvalue weighted by molar-refractivity contribution is 0.0703. The number of anilines is 1. The fourth-order valence-corrected chi connectivity index (χ4v) is 1.59. The van der Waals surface area contributed by atoms with Crippen LogP contribution in [0.2, 0.25) is 0 Å². The minimum atomic E-state index is -1.05. The summed E-state index contributed by atoms with van der Waals surface area (Å²) in [6.07, 6.45) is 1.53. The Labute approximate surface area is 90.4 Å². The number of aromatic carboxylic acids is 1. The number of carboxylic acids is 1. The summed E-state index contributed by atoms with van der Waals surface area (Å²) in [7, 11) is 0. The molecule has 2 amide bonds. The van der Waals surface area contributed by atoms with Crippen LogP contribution in [-0.2, 0) is 0 Å². The third-order valence-electron chi connectivity index (χ3n) is 1.51. The molecule has 5 nitrogen and oxygen atoms in total. The van der Waals surface area contributed by atoms with Crippen LogP contribution in [0.25, 0.3) is 0 Å². The molecule has 0 fully saturated rings. The van der Waals surface area contributed by atoms with Gasteiger partial charge in [0.15, 0.2) is 0 Å². The van der Waals surface area contributed by atoms with Crippen LogP contribution in [-0.4, -0.2) is 23.7 Å². The van der Waals surface area contributed by atoms with Gasteiger partial charge in [-0.25, -0.2) is 9.59 Å². The number of carbonyl (C=O) groups excluding carboxylic acids is 1. The molecule has 0 aliphatic heterocycles. The van der Waals surface area contributed by atoms with Crippen LogP contribution in [0, 0.1) is 0 Å². The van der Waals surface area contributed by atoms with Gasteiger partial charge >= 0.3 is 12.0 Å². The quantitative estimate of drug-likeness (QED) is 0.684. The Kier molecular flexibility index (Phi) is 3.87. The molecule has 0 unspecified atom stereocenters. The predicted molar refractivity (Wildman–Crippen MR) is 58.5 cm³/mol. The third-order valence-corrected chi connectivity index (χ3v) is 2.42. The summed E-state index contributed by atoms with van der Waals surface area (Å²) in [5.74, 6) is -1.05. The molecule has 80 valence electrons. The van der Waals surface area contributed by atoms with E-state index in [4.69, 9.17) is 5.11 Å². The van der Waals surface area contributed by atoms with Crippen molar-refractivity contribution in [2.24, 2.45) is 0 Å². The minimum Gasteiger partial charge on any atom is -0.477 e. The molecule has 0 aliphatic rings. The van der Waals surface area contributed by atoms with Crippen LogP contribution in [0.4, 0.5) is 10.5 Å². The second-order valence-electron chi connectivity index (χ2n) is 2.59. The van der Waals surface area contributed by atoms with Crippen molar-refractivity contribution in [1.29, 1.82) is 0 Å². The van der Waals surface area contributed by atoms with E-state index in [9.17, 15) is 9.59 Å². The lowest BCUT2D eigenvalue weighted by Crippen LogP contribution is -2.28. The van der Waals surface area contributed by atoms with E-state index in [0.717, 1.165) is 11.3 Å². The van der Waals surface area contributed by atoms with E-state index in [2.05, 4.69) is 17.2 Å². The molecule has 0 aliphatic carbocycles. The first kappa shape index (κ1) is 11.3. The van der Waals surface area contributed by atoms with Crippen molar-refractivity contribution in [2.75, 3.05) is 11.9 Å². The minimum absolute atomic E-state index is 0.115. The first-order valence-electron chi connectivity index (χ1n) is 4.11. The van der Waals surface area contributed by atoms with Crippen LogP contribution < -0.4 is 10.6 Å². The number of amides is 2. The number of hydrogen-bond donors (Lipinski definition) is 3. The molecular weight excluding hydrogens is 216 g/mol. The largest absolute Gasteiger partial charge is 0.477 e. The van der Waals surface area contributed by atoms with E-state index >= 15 is 0 Å². The van der Waals surface area contributed by atoms with Crippen LogP contribution in [0.3, 0.4) is 0 Å². The molecule has 0 saturated carbocycles. The molecule has 1 aromatic rings. The van der Waals surface area contributed by atoms with Gasteiger partial charge in [0, 0.05) is 6.54 Å². The summed E-state index contributed by atoms with van der Waals surface area (Å²) in [6, 6.07) is 1.09. The third kappa shape index (κ3) is 3.10. The molecule has 0 saturated heterocycles. The highest BCUT2D eigenvalue weighted by Gasteiger charge is 2.13. The Morgan fingerprint density at radius 3 is 2.93 bits per heavy atom. The van der Waals surface area contributed by atoms with Gasteiger partial charge in [-0.3, -0.25) is 0 Å². The smallest absolute Gasteiger partial charge is 0.348 e. The van der Waals surface area contributed by atoms with Crippen LogP contribution >= 0.6 is 11.3 Å². The van der Waals surface area contributed by atoms with Gasteiger partial charge in [0.2, 0.25) is 0 Å². The number of nitrogens with one attached hydrogen (secondary N) is 2. The maximum atomic E-state index is 11.2. The van der Waals surface area contributed by atoms with Gasteiger partial charge in [-0.05, 0) is 11.4 Å². The van der Waals surface area contributed by atoms with Crippen LogP contribution in [0.5, 0.6) is 0 Å². The van der Waals surface area contributed by atoms with E-state index in [1.807, 2.05) is 0 Å². The molecular formula is C9H10N2O3S. The van der Waals surface area contributed by atoms with Crippen LogP contribution in [0.15, 0.2) is 24.1 Å². The number of carbonyl (C=O) groups is 2. The van der Waals surface area contributed by atoms with Crippen molar-refractivity contribution in [3.63, 3.8) is 0 Å². The molecule has 6 heteroatoms. The summed E-state index contributed by atoms with van der Waals surface area (Å²) >= 11 is 1.06. The van der Waals surface area contributed by atoms with Gasteiger partial charge in [0.1, 0.15) is 4.88 Å². The summed E-state index contributed by atoms with van der Waals surface area (Å²) < 4.78 is 0. The Bertz CT molecular complexity index is 386. The van der Waals surface area contributed by atoms with E-state index in [-0.39, 0.29) is 4.88 Å². The van der Waals surface area contributed by atoms with Gasteiger partial charge in [0.25, 0.3) is 0 Å².